The van der Waals surface area contributed by atoms with Gasteiger partial charge in [0.25, 0.3) is 0 Å². The van der Waals surface area contributed by atoms with Crippen LogP contribution in [0.4, 0.5) is 5.69 Å². The molecule has 0 saturated carbocycles. The fourth-order valence-electron chi connectivity index (χ4n) is 1.81. The van der Waals surface area contributed by atoms with Crippen LogP contribution in [0.25, 0.3) is 0 Å². The van der Waals surface area contributed by atoms with Gasteiger partial charge in [-0.2, -0.15) is 0 Å². The first-order valence-corrected chi connectivity index (χ1v) is 8.89. The average molecular weight is 370 g/mol. The van der Waals surface area contributed by atoms with E-state index in [0.29, 0.717) is 33.8 Å². The smallest absolute Gasteiger partial charge is 0.179 e. The van der Waals surface area contributed by atoms with E-state index in [1.165, 1.54) is 0 Å². The minimum atomic E-state index is -3.30. The molecule has 0 spiro atoms. The van der Waals surface area contributed by atoms with Gasteiger partial charge in [0.2, 0.25) is 0 Å². The Morgan fingerprint density at radius 1 is 1.05 bits per heavy atom. The SMILES string of the molecule is Nc1ccc(OCCCS(=O)(=O)c2ccccc2Br)cc1. The van der Waals surface area contributed by atoms with Crippen LogP contribution in [0, 0.1) is 0 Å². The number of benzene rings is 2. The average Bonchev–Trinajstić information content (AvgIpc) is 2.46. The van der Waals surface area contributed by atoms with Crippen LogP contribution in [0.15, 0.2) is 57.9 Å². The molecule has 2 rings (SSSR count). The summed E-state index contributed by atoms with van der Waals surface area (Å²) in [6, 6.07) is 13.8. The van der Waals surface area contributed by atoms with Crippen LogP contribution in [0.1, 0.15) is 6.42 Å². The zero-order valence-electron chi connectivity index (χ0n) is 11.3. The van der Waals surface area contributed by atoms with Crippen LogP contribution in [0.3, 0.4) is 0 Å². The van der Waals surface area contributed by atoms with Gasteiger partial charge >= 0.3 is 0 Å². The van der Waals surface area contributed by atoms with Gasteiger partial charge in [0.1, 0.15) is 5.75 Å². The minimum Gasteiger partial charge on any atom is -0.494 e. The maximum absolute atomic E-state index is 12.2. The molecule has 0 saturated heterocycles. The molecular weight excluding hydrogens is 354 g/mol. The van der Waals surface area contributed by atoms with Gasteiger partial charge in [-0.3, -0.25) is 0 Å². The molecule has 0 aliphatic heterocycles. The molecule has 0 aromatic heterocycles. The second-order valence-electron chi connectivity index (χ2n) is 4.52. The lowest BCUT2D eigenvalue weighted by atomic mass is 10.3. The van der Waals surface area contributed by atoms with Crippen molar-refractivity contribution in [3.8, 4) is 5.75 Å². The lowest BCUT2D eigenvalue weighted by Gasteiger charge is -2.08. The first kappa shape index (κ1) is 15.9. The summed E-state index contributed by atoms with van der Waals surface area (Å²) in [4.78, 5) is 0.317. The molecule has 0 radical (unpaired) electrons. The van der Waals surface area contributed by atoms with Crippen molar-refractivity contribution in [1.29, 1.82) is 0 Å². The van der Waals surface area contributed by atoms with Crippen molar-refractivity contribution >= 4 is 31.5 Å². The topological polar surface area (TPSA) is 69.4 Å². The summed E-state index contributed by atoms with van der Waals surface area (Å²) in [6.45, 7) is 0.341. The van der Waals surface area contributed by atoms with Crippen molar-refractivity contribution in [2.24, 2.45) is 0 Å². The van der Waals surface area contributed by atoms with E-state index in [9.17, 15) is 8.42 Å². The second kappa shape index (κ2) is 6.95. The Bertz CT molecular complexity index is 699. The van der Waals surface area contributed by atoms with Gasteiger partial charge in [-0.15, -0.1) is 0 Å². The largest absolute Gasteiger partial charge is 0.494 e. The molecule has 0 amide bonds. The molecule has 0 atom stereocenters. The number of rotatable bonds is 6. The summed E-state index contributed by atoms with van der Waals surface area (Å²) in [5, 5.41) is 0. The van der Waals surface area contributed by atoms with Gasteiger partial charge in [0, 0.05) is 10.2 Å². The van der Waals surface area contributed by atoms with E-state index in [1.807, 2.05) is 0 Å². The third kappa shape index (κ3) is 4.47. The zero-order valence-corrected chi connectivity index (χ0v) is 13.7. The maximum Gasteiger partial charge on any atom is 0.179 e. The molecular formula is C15H16BrNO3S. The molecule has 112 valence electrons. The molecule has 0 unspecified atom stereocenters. The van der Waals surface area contributed by atoms with Crippen molar-refractivity contribution in [3.63, 3.8) is 0 Å². The number of nitrogen functional groups attached to an aromatic ring is 1. The molecule has 2 aromatic carbocycles. The van der Waals surface area contributed by atoms with E-state index >= 15 is 0 Å². The first-order chi connectivity index (χ1) is 9.99. The summed E-state index contributed by atoms with van der Waals surface area (Å²) in [5.41, 5.74) is 6.24. The number of anilines is 1. The van der Waals surface area contributed by atoms with Crippen LogP contribution < -0.4 is 10.5 Å². The van der Waals surface area contributed by atoms with Gasteiger partial charge < -0.3 is 10.5 Å². The van der Waals surface area contributed by atoms with Gasteiger partial charge in [-0.1, -0.05) is 12.1 Å². The van der Waals surface area contributed by atoms with Crippen molar-refractivity contribution < 1.29 is 13.2 Å². The monoisotopic (exact) mass is 369 g/mol. The lowest BCUT2D eigenvalue weighted by Crippen LogP contribution is -2.11. The number of halogens is 1. The summed E-state index contributed by atoms with van der Waals surface area (Å²) < 4.78 is 30.5. The van der Waals surface area contributed by atoms with Crippen LogP contribution >= 0.6 is 15.9 Å². The molecule has 4 nitrogen and oxygen atoms in total. The normalized spacial score (nSPS) is 11.3. The summed E-state index contributed by atoms with van der Waals surface area (Å²) in [7, 11) is -3.30. The van der Waals surface area contributed by atoms with Gasteiger partial charge in [0.15, 0.2) is 9.84 Å². The van der Waals surface area contributed by atoms with E-state index in [-0.39, 0.29) is 5.75 Å². The third-order valence-electron chi connectivity index (χ3n) is 2.88. The van der Waals surface area contributed by atoms with Crippen LogP contribution in [-0.2, 0) is 9.84 Å². The first-order valence-electron chi connectivity index (χ1n) is 6.45. The Kier molecular flexibility index (Phi) is 5.25. The summed E-state index contributed by atoms with van der Waals surface area (Å²) in [5.74, 6) is 0.729. The fourth-order valence-corrected chi connectivity index (χ4v) is 4.20. The van der Waals surface area contributed by atoms with Crippen LogP contribution in [0.5, 0.6) is 5.75 Å². The predicted molar refractivity (Wildman–Crippen MR) is 87.2 cm³/mol. The highest BCUT2D eigenvalue weighted by Crippen LogP contribution is 2.22. The number of hydrogen-bond donors (Lipinski definition) is 1. The highest BCUT2D eigenvalue weighted by Gasteiger charge is 2.16. The molecule has 0 fully saturated rings. The van der Waals surface area contributed by atoms with Crippen molar-refractivity contribution in [2.75, 3.05) is 18.1 Å². The van der Waals surface area contributed by atoms with Gasteiger partial charge in [0.05, 0.1) is 17.3 Å². The Balaban J connectivity index is 1.88. The Hall–Kier alpha value is -1.53. The maximum atomic E-state index is 12.2. The Labute approximate surface area is 133 Å². The van der Waals surface area contributed by atoms with Crippen molar-refractivity contribution in [3.05, 3.63) is 53.0 Å². The van der Waals surface area contributed by atoms with E-state index < -0.39 is 9.84 Å². The molecule has 0 bridgehead atoms. The second-order valence-corrected chi connectivity index (χ2v) is 7.45. The summed E-state index contributed by atoms with van der Waals surface area (Å²) in [6.07, 6.45) is 0.425. The Morgan fingerprint density at radius 2 is 1.71 bits per heavy atom. The van der Waals surface area contributed by atoms with Gasteiger partial charge in [-0.25, -0.2) is 8.42 Å². The molecule has 0 heterocycles. The molecule has 0 aliphatic rings. The van der Waals surface area contributed by atoms with Crippen molar-refractivity contribution in [1.82, 2.24) is 0 Å². The van der Waals surface area contributed by atoms with Crippen LogP contribution in [-0.4, -0.2) is 20.8 Å². The highest BCUT2D eigenvalue weighted by atomic mass is 79.9. The number of nitrogens with two attached hydrogens (primary N) is 1. The Morgan fingerprint density at radius 3 is 2.38 bits per heavy atom. The summed E-state index contributed by atoms with van der Waals surface area (Å²) >= 11 is 3.26. The molecule has 21 heavy (non-hydrogen) atoms. The zero-order chi connectivity index (χ0) is 15.3. The minimum absolute atomic E-state index is 0.0462. The van der Waals surface area contributed by atoms with E-state index in [2.05, 4.69) is 15.9 Å². The molecule has 6 heteroatoms. The van der Waals surface area contributed by atoms with E-state index in [4.69, 9.17) is 10.5 Å². The van der Waals surface area contributed by atoms with E-state index in [1.54, 1.807) is 48.5 Å². The van der Waals surface area contributed by atoms with Crippen LogP contribution in [0.2, 0.25) is 0 Å². The standard InChI is InChI=1S/C15H16BrNO3S/c16-14-4-1-2-5-15(14)21(18,19)11-3-10-20-13-8-6-12(17)7-9-13/h1-2,4-9H,3,10-11,17H2. The molecule has 0 aliphatic carbocycles. The number of ether oxygens (including phenoxy) is 1. The molecule has 2 N–H and O–H groups in total. The number of hydrogen-bond acceptors (Lipinski definition) is 4. The number of sulfone groups is 1. The highest BCUT2D eigenvalue weighted by molar-refractivity contribution is 9.10. The predicted octanol–water partition coefficient (Wildman–Crippen LogP) is 3.27. The lowest BCUT2D eigenvalue weighted by molar-refractivity contribution is 0.317. The van der Waals surface area contributed by atoms with Gasteiger partial charge in [-0.05, 0) is 58.7 Å². The van der Waals surface area contributed by atoms with E-state index in [0.717, 1.165) is 0 Å². The fraction of sp³-hybridized carbons (Fsp3) is 0.200. The molecule has 2 aromatic rings. The van der Waals surface area contributed by atoms with Crippen molar-refractivity contribution in [2.45, 2.75) is 11.3 Å². The quantitative estimate of drug-likeness (QED) is 0.626. The third-order valence-corrected chi connectivity index (χ3v) is 5.68.